The zero-order valence-electron chi connectivity index (χ0n) is 6.09. The van der Waals surface area contributed by atoms with Gasteiger partial charge < -0.3 is 25.7 Å². The van der Waals surface area contributed by atoms with Gasteiger partial charge in [-0.25, -0.2) is 0 Å². The van der Waals surface area contributed by atoms with Crippen LogP contribution in [0.3, 0.4) is 0 Å². The molecule has 0 spiro atoms. The standard InChI is InChI=1S/C6H13NO4/c8-2-3-5(10)6(11)4(9)1-7-3/h3-11H,1-2H2/p+1/t3-,4-,5+,6-/m0/s1. The molecule has 1 aliphatic rings. The van der Waals surface area contributed by atoms with Gasteiger partial charge in [0.2, 0.25) is 0 Å². The molecule has 1 heterocycles. The van der Waals surface area contributed by atoms with Crippen molar-refractivity contribution in [2.24, 2.45) is 0 Å². The largest absolute Gasteiger partial charge is 0.390 e. The zero-order valence-corrected chi connectivity index (χ0v) is 6.09. The van der Waals surface area contributed by atoms with Gasteiger partial charge in [-0.05, 0) is 0 Å². The number of aliphatic hydroxyl groups is 4. The maximum Gasteiger partial charge on any atom is 0.138 e. The minimum Gasteiger partial charge on any atom is -0.390 e. The van der Waals surface area contributed by atoms with Crippen molar-refractivity contribution in [3.8, 4) is 0 Å². The highest BCUT2D eigenvalue weighted by Gasteiger charge is 2.38. The molecule has 1 rings (SSSR count). The van der Waals surface area contributed by atoms with Crippen molar-refractivity contribution in [3.63, 3.8) is 0 Å². The van der Waals surface area contributed by atoms with Gasteiger partial charge in [-0.1, -0.05) is 0 Å². The summed E-state index contributed by atoms with van der Waals surface area (Å²) in [6, 6.07) is -0.409. The second kappa shape index (κ2) is 3.46. The van der Waals surface area contributed by atoms with Gasteiger partial charge in [0.1, 0.15) is 30.9 Å². The van der Waals surface area contributed by atoms with Gasteiger partial charge in [-0.2, -0.15) is 0 Å². The minimum atomic E-state index is -1.13. The third-order valence-corrected chi connectivity index (χ3v) is 2.07. The summed E-state index contributed by atoms with van der Waals surface area (Å²) in [5.41, 5.74) is 0. The second-order valence-corrected chi connectivity index (χ2v) is 2.87. The minimum absolute atomic E-state index is 0.190. The molecule has 0 amide bonds. The molecule has 6 N–H and O–H groups in total. The van der Waals surface area contributed by atoms with Crippen LogP contribution in [-0.4, -0.2) is 57.9 Å². The van der Waals surface area contributed by atoms with Crippen molar-refractivity contribution in [1.82, 2.24) is 0 Å². The number of rotatable bonds is 1. The van der Waals surface area contributed by atoms with E-state index in [0.717, 1.165) is 0 Å². The van der Waals surface area contributed by atoms with E-state index in [2.05, 4.69) is 0 Å². The van der Waals surface area contributed by atoms with E-state index in [1.165, 1.54) is 0 Å². The van der Waals surface area contributed by atoms with Gasteiger partial charge in [0.25, 0.3) is 0 Å². The topological polar surface area (TPSA) is 97.5 Å². The number of piperidine rings is 1. The van der Waals surface area contributed by atoms with Crippen LogP contribution in [0.25, 0.3) is 0 Å². The predicted molar refractivity (Wildman–Crippen MR) is 35.7 cm³/mol. The van der Waals surface area contributed by atoms with E-state index in [4.69, 9.17) is 15.3 Å². The van der Waals surface area contributed by atoms with Crippen LogP contribution in [0.5, 0.6) is 0 Å². The fourth-order valence-corrected chi connectivity index (χ4v) is 1.26. The number of hydrogen-bond donors (Lipinski definition) is 5. The fourth-order valence-electron chi connectivity index (χ4n) is 1.26. The van der Waals surface area contributed by atoms with Crippen LogP contribution in [0.2, 0.25) is 0 Å². The van der Waals surface area contributed by atoms with Crippen molar-refractivity contribution < 1.29 is 25.7 Å². The van der Waals surface area contributed by atoms with Gasteiger partial charge in [0, 0.05) is 0 Å². The van der Waals surface area contributed by atoms with Crippen LogP contribution in [0.4, 0.5) is 0 Å². The summed E-state index contributed by atoms with van der Waals surface area (Å²) in [6.07, 6.45) is -3.06. The van der Waals surface area contributed by atoms with Crippen LogP contribution < -0.4 is 5.32 Å². The van der Waals surface area contributed by atoms with Crippen molar-refractivity contribution in [2.75, 3.05) is 13.2 Å². The number of aliphatic hydroxyl groups excluding tert-OH is 4. The van der Waals surface area contributed by atoms with Gasteiger partial charge >= 0.3 is 0 Å². The average Bonchev–Trinajstić information content (AvgIpc) is 2.01. The van der Waals surface area contributed by atoms with Crippen molar-refractivity contribution >= 4 is 0 Å². The number of hydrogen-bond acceptors (Lipinski definition) is 4. The Morgan fingerprint density at radius 2 is 1.82 bits per heavy atom. The van der Waals surface area contributed by atoms with Crippen molar-refractivity contribution in [2.45, 2.75) is 24.4 Å². The molecule has 0 aromatic rings. The third kappa shape index (κ3) is 1.69. The van der Waals surface area contributed by atoms with E-state index in [-0.39, 0.29) is 6.61 Å². The van der Waals surface area contributed by atoms with E-state index < -0.39 is 24.4 Å². The zero-order chi connectivity index (χ0) is 8.43. The van der Waals surface area contributed by atoms with E-state index >= 15 is 0 Å². The molecule has 11 heavy (non-hydrogen) atoms. The number of quaternary nitrogens is 1. The predicted octanol–water partition coefficient (Wildman–Crippen LogP) is -3.99. The van der Waals surface area contributed by atoms with E-state index in [9.17, 15) is 5.11 Å². The molecule has 4 atom stereocenters. The normalized spacial score (nSPS) is 45.8. The maximum atomic E-state index is 9.21. The Morgan fingerprint density at radius 3 is 2.36 bits per heavy atom. The molecule has 0 radical (unpaired) electrons. The van der Waals surface area contributed by atoms with Crippen molar-refractivity contribution in [3.05, 3.63) is 0 Å². The lowest BCUT2D eigenvalue weighted by Gasteiger charge is -2.31. The van der Waals surface area contributed by atoms with Crippen LogP contribution in [0.1, 0.15) is 0 Å². The Labute approximate surface area is 64.3 Å². The molecule has 1 aliphatic heterocycles. The molecular formula is C6H14NO4+. The molecule has 0 aliphatic carbocycles. The quantitative estimate of drug-likeness (QED) is 0.273. The Balaban J connectivity index is 2.52. The molecule has 0 saturated carbocycles. The molecule has 0 aromatic carbocycles. The third-order valence-electron chi connectivity index (χ3n) is 2.07. The lowest BCUT2D eigenvalue weighted by atomic mass is 9.97. The lowest BCUT2D eigenvalue weighted by molar-refractivity contribution is -0.716. The van der Waals surface area contributed by atoms with Crippen LogP contribution in [0.15, 0.2) is 0 Å². The summed E-state index contributed by atoms with van der Waals surface area (Å²) in [6.45, 7) is 0.133. The Bertz CT molecular complexity index is 130. The maximum absolute atomic E-state index is 9.21. The lowest BCUT2D eigenvalue weighted by Crippen LogP contribution is -2.99. The van der Waals surface area contributed by atoms with E-state index in [1.807, 2.05) is 0 Å². The molecule has 5 nitrogen and oxygen atoms in total. The van der Waals surface area contributed by atoms with Crippen molar-refractivity contribution in [1.29, 1.82) is 0 Å². The summed E-state index contributed by atoms with van der Waals surface area (Å²) in [5, 5.41) is 37.7. The van der Waals surface area contributed by atoms with Gasteiger partial charge in [-0.15, -0.1) is 0 Å². The summed E-state index contributed by atoms with van der Waals surface area (Å²) < 4.78 is 0. The second-order valence-electron chi connectivity index (χ2n) is 2.87. The molecule has 1 fully saturated rings. The molecule has 0 unspecified atom stereocenters. The first-order valence-corrected chi connectivity index (χ1v) is 3.65. The Hall–Kier alpha value is -0.200. The highest BCUT2D eigenvalue weighted by Crippen LogP contribution is 2.04. The first-order chi connectivity index (χ1) is 5.16. The fraction of sp³-hybridized carbons (Fsp3) is 1.00. The molecular weight excluding hydrogens is 150 g/mol. The van der Waals surface area contributed by atoms with Gasteiger partial charge in [0.05, 0.1) is 6.61 Å². The monoisotopic (exact) mass is 164 g/mol. The molecule has 0 aromatic heterocycles. The van der Waals surface area contributed by atoms with E-state index in [0.29, 0.717) is 6.54 Å². The van der Waals surface area contributed by atoms with E-state index in [1.54, 1.807) is 5.32 Å². The van der Waals surface area contributed by atoms with Crippen LogP contribution >= 0.6 is 0 Å². The first kappa shape index (κ1) is 8.89. The summed E-state index contributed by atoms with van der Waals surface area (Å²) in [7, 11) is 0. The summed E-state index contributed by atoms with van der Waals surface area (Å²) in [4.78, 5) is 0. The average molecular weight is 164 g/mol. The molecule has 0 bridgehead atoms. The molecule has 5 heteroatoms. The number of nitrogens with two attached hydrogens (primary N) is 1. The first-order valence-electron chi connectivity index (χ1n) is 3.65. The summed E-state index contributed by atoms with van der Waals surface area (Å²) in [5.74, 6) is 0. The Morgan fingerprint density at radius 1 is 1.18 bits per heavy atom. The highest BCUT2D eigenvalue weighted by atomic mass is 16.4. The van der Waals surface area contributed by atoms with Gasteiger partial charge in [-0.3, -0.25) is 0 Å². The van der Waals surface area contributed by atoms with Crippen LogP contribution in [-0.2, 0) is 0 Å². The molecule has 66 valence electrons. The van der Waals surface area contributed by atoms with Gasteiger partial charge in [0.15, 0.2) is 0 Å². The SMILES string of the molecule is OC[C@@H]1[NH2+]C[C@H](O)[C@H](O)[C@@H]1O. The summed E-state index contributed by atoms with van der Waals surface area (Å²) >= 11 is 0. The smallest absolute Gasteiger partial charge is 0.138 e. The van der Waals surface area contributed by atoms with Crippen LogP contribution in [0, 0.1) is 0 Å². The Kier molecular flexibility index (Phi) is 2.80. The highest BCUT2D eigenvalue weighted by molar-refractivity contribution is 4.82. The molecule has 1 saturated heterocycles.